The van der Waals surface area contributed by atoms with Crippen molar-refractivity contribution in [3.63, 3.8) is 0 Å². The second-order valence-electron chi connectivity index (χ2n) is 14.1. The molecule has 284 valence electrons. The third-order valence-electron chi connectivity index (χ3n) is 10.3. The molecular weight excluding hydrogens is 690 g/mol. The molecule has 3 aromatic rings. The monoisotopic (exact) mass is 741 g/mol. The summed E-state index contributed by atoms with van der Waals surface area (Å²) in [5, 5.41) is 57.8. The van der Waals surface area contributed by atoms with E-state index >= 15 is 0 Å². The Morgan fingerprint density at radius 1 is 1.12 bits per heavy atom. The lowest BCUT2D eigenvalue weighted by atomic mass is 9.81. The molecule has 15 heteroatoms. The van der Waals surface area contributed by atoms with Crippen LogP contribution < -0.4 is 21.1 Å². The number of pyridine rings is 1. The van der Waals surface area contributed by atoms with Gasteiger partial charge in [-0.05, 0) is 87.3 Å². The summed E-state index contributed by atoms with van der Waals surface area (Å²) in [5.74, 6) is 0.826. The average molecular weight is 742 g/mol. The molecule has 2 aliphatic rings. The SMILES string of the molecule is Cc1ccc(S(=O)(=O)N(C)C(C)CC[C@@](O)([C@H](O)CO)[C@H](O)[C@H](CO)NC(N)=O)c(CNC2(c3cnccc3-c3ccccc3OC3CC3)CC2)c1. The van der Waals surface area contributed by atoms with E-state index in [1.165, 1.54) is 7.05 Å². The first kappa shape index (κ1) is 39.5. The number of aliphatic hydroxyl groups excluding tert-OH is 4. The van der Waals surface area contributed by atoms with E-state index < -0.39 is 71.1 Å². The number of sulfonamides is 1. The summed E-state index contributed by atoms with van der Waals surface area (Å²) in [7, 11) is -2.71. The van der Waals surface area contributed by atoms with Crippen molar-refractivity contribution in [2.24, 2.45) is 5.73 Å². The van der Waals surface area contributed by atoms with Crippen LogP contribution in [0.2, 0.25) is 0 Å². The number of carbonyl (C=O) groups is 1. The third-order valence-corrected chi connectivity index (χ3v) is 12.4. The highest BCUT2D eigenvalue weighted by Gasteiger charge is 2.48. The molecular formula is C37H51N5O9S. The number of para-hydroxylation sites is 1. The highest BCUT2D eigenvalue weighted by atomic mass is 32.2. The summed E-state index contributed by atoms with van der Waals surface area (Å²) in [6.07, 6.45) is 3.30. The number of hydrogen-bond acceptors (Lipinski definition) is 11. The number of nitrogens with one attached hydrogen (secondary N) is 2. The van der Waals surface area contributed by atoms with Crippen LogP contribution in [0.1, 0.15) is 62.1 Å². The van der Waals surface area contributed by atoms with Gasteiger partial charge in [0.05, 0.1) is 30.3 Å². The Morgan fingerprint density at radius 2 is 1.83 bits per heavy atom. The molecule has 1 aromatic heterocycles. The number of aliphatic hydroxyl groups is 5. The van der Waals surface area contributed by atoms with Gasteiger partial charge in [-0.2, -0.15) is 4.31 Å². The fraction of sp³-hybridized carbons (Fsp3) is 0.514. The lowest BCUT2D eigenvalue weighted by Crippen LogP contribution is -2.63. The standard InChI is InChI=1S/C37H51N5O9S/c1-23-8-11-32(52(49,50)42(3)24(2)12-14-37(48,33(45)22-44)34(46)30(21-43)41-35(38)47)25(18-23)19-40-36(15-16-36)29-20-39-17-13-27(29)28-6-4-5-7-31(28)51-26-9-10-26/h4-8,11,13,17-18,20,24,26,30,33-34,40,43-46,48H,9-10,12,14-16,19,21-22H2,1-3H3,(H3,38,41,47)/t24?,30-,33+,34+,37+/m0/s1. The van der Waals surface area contributed by atoms with Gasteiger partial charge in [0.2, 0.25) is 10.0 Å². The van der Waals surface area contributed by atoms with E-state index in [-0.39, 0.29) is 24.0 Å². The summed E-state index contributed by atoms with van der Waals surface area (Å²) in [6.45, 7) is 1.97. The molecule has 1 heterocycles. The topological polar surface area (TPSA) is 228 Å². The molecule has 9 N–H and O–H groups in total. The van der Waals surface area contributed by atoms with Crippen LogP contribution in [0, 0.1) is 6.92 Å². The highest BCUT2D eigenvalue weighted by molar-refractivity contribution is 7.89. The summed E-state index contributed by atoms with van der Waals surface area (Å²) >= 11 is 0. The fourth-order valence-electron chi connectivity index (χ4n) is 6.64. The maximum absolute atomic E-state index is 14.2. The zero-order chi connectivity index (χ0) is 37.8. The predicted molar refractivity (Wildman–Crippen MR) is 194 cm³/mol. The Hall–Kier alpha value is -3.67. The van der Waals surface area contributed by atoms with Crippen molar-refractivity contribution >= 4 is 16.1 Å². The molecule has 14 nitrogen and oxygen atoms in total. The van der Waals surface area contributed by atoms with E-state index in [9.17, 15) is 38.7 Å². The number of rotatable bonds is 19. The third kappa shape index (κ3) is 8.58. The zero-order valence-electron chi connectivity index (χ0n) is 29.8. The number of urea groups is 1. The molecule has 2 saturated carbocycles. The summed E-state index contributed by atoms with van der Waals surface area (Å²) in [4.78, 5) is 15.9. The van der Waals surface area contributed by atoms with E-state index in [1.54, 1.807) is 25.3 Å². The molecule has 0 aliphatic heterocycles. The van der Waals surface area contributed by atoms with Crippen LogP contribution in [0.15, 0.2) is 65.8 Å². The molecule has 5 atom stereocenters. The largest absolute Gasteiger partial charge is 0.490 e. The molecule has 2 aromatic carbocycles. The molecule has 0 radical (unpaired) electrons. The van der Waals surface area contributed by atoms with E-state index in [1.807, 2.05) is 49.5 Å². The predicted octanol–water partition coefficient (Wildman–Crippen LogP) is 1.64. The van der Waals surface area contributed by atoms with E-state index in [0.717, 1.165) is 58.0 Å². The molecule has 1 unspecified atom stereocenters. The minimum absolute atomic E-state index is 0.0760. The number of nitrogens with zero attached hydrogens (tertiary/aromatic N) is 2. The van der Waals surface area contributed by atoms with Crippen molar-refractivity contribution in [3.8, 4) is 16.9 Å². The number of carbonyl (C=O) groups excluding carboxylic acids is 1. The van der Waals surface area contributed by atoms with Gasteiger partial charge in [-0.15, -0.1) is 0 Å². The number of ether oxygens (including phenoxy) is 1. The average Bonchev–Trinajstić information content (AvgIpc) is 4.08. The summed E-state index contributed by atoms with van der Waals surface area (Å²) < 4.78 is 35.8. The Bertz CT molecular complexity index is 1820. The van der Waals surface area contributed by atoms with Gasteiger partial charge in [-0.1, -0.05) is 35.9 Å². The normalized spacial score (nSPS) is 18.9. The van der Waals surface area contributed by atoms with Crippen LogP contribution in [-0.4, -0.2) is 106 Å². The summed E-state index contributed by atoms with van der Waals surface area (Å²) in [5.41, 5.74) is 6.72. The van der Waals surface area contributed by atoms with Crippen molar-refractivity contribution in [2.75, 3.05) is 20.3 Å². The number of primary amides is 1. The molecule has 2 fully saturated rings. The van der Waals surface area contributed by atoms with Gasteiger partial charge in [0.25, 0.3) is 0 Å². The van der Waals surface area contributed by atoms with Gasteiger partial charge >= 0.3 is 6.03 Å². The molecule has 2 amide bonds. The van der Waals surface area contributed by atoms with Gasteiger partial charge in [0, 0.05) is 43.1 Å². The lowest BCUT2D eigenvalue weighted by molar-refractivity contribution is -0.173. The second-order valence-corrected chi connectivity index (χ2v) is 16.1. The Kier molecular flexibility index (Phi) is 12.3. The van der Waals surface area contributed by atoms with Gasteiger partial charge in [-0.3, -0.25) is 4.98 Å². The second kappa shape index (κ2) is 16.1. The van der Waals surface area contributed by atoms with Crippen LogP contribution in [0.25, 0.3) is 11.1 Å². The van der Waals surface area contributed by atoms with Crippen LogP contribution >= 0.6 is 0 Å². The fourth-order valence-corrected chi connectivity index (χ4v) is 8.23. The lowest BCUT2D eigenvalue weighted by Gasteiger charge is -2.40. The number of amides is 2. The highest BCUT2D eigenvalue weighted by Crippen LogP contribution is 2.50. The minimum Gasteiger partial charge on any atom is -0.490 e. The Morgan fingerprint density at radius 3 is 2.46 bits per heavy atom. The van der Waals surface area contributed by atoms with E-state index in [4.69, 9.17) is 10.5 Å². The van der Waals surface area contributed by atoms with Crippen LogP contribution in [0.4, 0.5) is 4.79 Å². The van der Waals surface area contributed by atoms with E-state index in [0.29, 0.717) is 5.56 Å². The molecule has 2 aliphatic carbocycles. The first-order chi connectivity index (χ1) is 24.7. The van der Waals surface area contributed by atoms with Gasteiger partial charge < -0.3 is 46.6 Å². The minimum atomic E-state index is -4.12. The van der Waals surface area contributed by atoms with Crippen LogP contribution in [0.3, 0.4) is 0 Å². The van der Waals surface area contributed by atoms with Crippen molar-refractivity contribution in [2.45, 2.75) is 105 Å². The molecule has 0 bridgehead atoms. The Balaban J connectivity index is 1.35. The van der Waals surface area contributed by atoms with Crippen molar-refractivity contribution in [1.29, 1.82) is 0 Å². The van der Waals surface area contributed by atoms with Gasteiger partial charge in [0.15, 0.2) is 0 Å². The maximum Gasteiger partial charge on any atom is 0.312 e. The van der Waals surface area contributed by atoms with Gasteiger partial charge in [0.1, 0.15) is 23.6 Å². The maximum atomic E-state index is 14.2. The van der Waals surface area contributed by atoms with Gasteiger partial charge in [-0.25, -0.2) is 13.2 Å². The zero-order valence-corrected chi connectivity index (χ0v) is 30.6. The number of nitrogens with two attached hydrogens (primary N) is 1. The first-order valence-electron chi connectivity index (χ1n) is 17.6. The number of hydrogen-bond donors (Lipinski definition) is 8. The number of benzene rings is 2. The van der Waals surface area contributed by atoms with Crippen LogP contribution in [0.5, 0.6) is 5.75 Å². The number of aryl methyl sites for hydroxylation is 1. The number of aromatic nitrogens is 1. The smallest absolute Gasteiger partial charge is 0.312 e. The molecule has 0 saturated heterocycles. The van der Waals surface area contributed by atoms with Crippen molar-refractivity contribution in [3.05, 3.63) is 77.6 Å². The van der Waals surface area contributed by atoms with Crippen molar-refractivity contribution < 1.29 is 43.5 Å². The van der Waals surface area contributed by atoms with Crippen LogP contribution in [-0.2, 0) is 22.1 Å². The molecule has 0 spiro atoms. The quantitative estimate of drug-likeness (QED) is 0.0881. The van der Waals surface area contributed by atoms with Crippen molar-refractivity contribution in [1.82, 2.24) is 19.9 Å². The van der Waals surface area contributed by atoms with E-state index in [2.05, 4.69) is 15.6 Å². The molecule has 52 heavy (non-hydrogen) atoms. The Labute approximate surface area is 304 Å². The summed E-state index contributed by atoms with van der Waals surface area (Å²) in [6, 6.07) is 11.8. The first-order valence-corrected chi connectivity index (χ1v) is 19.0. The molecule has 5 rings (SSSR count).